The highest BCUT2D eigenvalue weighted by Gasteiger charge is 2.29. The molecule has 2 heterocycles. The summed E-state index contributed by atoms with van der Waals surface area (Å²) in [5, 5.41) is 2.02. The predicted molar refractivity (Wildman–Crippen MR) is 103 cm³/mol. The van der Waals surface area contributed by atoms with Crippen molar-refractivity contribution < 1.29 is 13.2 Å². The molecule has 0 aromatic heterocycles. The summed E-state index contributed by atoms with van der Waals surface area (Å²) in [5.41, 5.74) is 0. The summed E-state index contributed by atoms with van der Waals surface area (Å²) in [7, 11) is -3.43. The number of fused-ring (bicyclic) bond motifs is 1. The van der Waals surface area contributed by atoms with Gasteiger partial charge in [0.05, 0.1) is 11.0 Å². The monoisotopic (exact) mass is 374 g/mol. The van der Waals surface area contributed by atoms with Gasteiger partial charge in [0.15, 0.2) is 0 Å². The Balaban J connectivity index is 1.42. The van der Waals surface area contributed by atoms with E-state index >= 15 is 0 Å². The number of benzene rings is 2. The third-order valence-corrected chi connectivity index (χ3v) is 7.32. The maximum absolute atomic E-state index is 13.0. The summed E-state index contributed by atoms with van der Waals surface area (Å²) in [6.45, 7) is 4.41. The first kappa shape index (κ1) is 17.9. The Bertz CT molecular complexity index is 854. The lowest BCUT2D eigenvalue weighted by Crippen LogP contribution is -2.50. The third-order valence-electron chi connectivity index (χ3n) is 5.43. The molecule has 5 nitrogen and oxygen atoms in total. The van der Waals surface area contributed by atoms with Crippen LogP contribution in [0.5, 0.6) is 0 Å². The van der Waals surface area contributed by atoms with Crippen LogP contribution in [0, 0.1) is 0 Å². The minimum atomic E-state index is -3.43. The fraction of sp³-hybridized carbons (Fsp3) is 0.500. The molecule has 0 spiro atoms. The molecule has 0 saturated carbocycles. The van der Waals surface area contributed by atoms with Crippen LogP contribution < -0.4 is 0 Å². The van der Waals surface area contributed by atoms with E-state index in [1.807, 2.05) is 30.3 Å². The fourth-order valence-electron chi connectivity index (χ4n) is 3.87. The van der Waals surface area contributed by atoms with Crippen molar-refractivity contribution in [3.8, 4) is 0 Å². The van der Waals surface area contributed by atoms with Gasteiger partial charge in [-0.1, -0.05) is 30.3 Å². The van der Waals surface area contributed by atoms with Crippen molar-refractivity contribution in [1.82, 2.24) is 9.21 Å². The van der Waals surface area contributed by atoms with E-state index in [9.17, 15) is 8.42 Å². The molecule has 26 heavy (non-hydrogen) atoms. The number of rotatable bonds is 4. The fourth-order valence-corrected chi connectivity index (χ4v) is 5.33. The number of hydrogen-bond donors (Lipinski definition) is 0. The van der Waals surface area contributed by atoms with Crippen LogP contribution >= 0.6 is 0 Å². The van der Waals surface area contributed by atoms with Gasteiger partial charge in [-0.3, -0.25) is 4.90 Å². The van der Waals surface area contributed by atoms with E-state index in [0.29, 0.717) is 24.1 Å². The summed E-state index contributed by atoms with van der Waals surface area (Å²) in [5.74, 6) is 0. The first-order valence-corrected chi connectivity index (χ1v) is 10.9. The molecule has 6 heteroatoms. The van der Waals surface area contributed by atoms with Gasteiger partial charge in [-0.15, -0.1) is 0 Å². The Morgan fingerprint density at radius 1 is 0.962 bits per heavy atom. The van der Waals surface area contributed by atoms with Gasteiger partial charge in [0, 0.05) is 39.3 Å². The molecule has 2 aliphatic heterocycles. The van der Waals surface area contributed by atoms with E-state index in [1.165, 1.54) is 6.42 Å². The van der Waals surface area contributed by atoms with E-state index in [4.69, 9.17) is 4.74 Å². The SMILES string of the molecule is O=S(=O)(c1ccc2ccccc2c1)N1CCN(C[C@H]2CCCCO2)CC1. The number of nitrogens with zero attached hydrogens (tertiary/aromatic N) is 2. The standard InChI is InChI=1S/C20H26N2O3S/c23-26(24,20-9-8-17-5-1-2-6-18(17)15-20)22-12-10-21(11-13-22)16-19-7-3-4-14-25-19/h1-2,5-6,8-9,15,19H,3-4,7,10-14,16H2/t19-/m1/s1. The summed E-state index contributed by atoms with van der Waals surface area (Å²) < 4.78 is 33.5. The van der Waals surface area contributed by atoms with Crippen molar-refractivity contribution in [2.45, 2.75) is 30.3 Å². The van der Waals surface area contributed by atoms with Crippen molar-refractivity contribution >= 4 is 20.8 Å². The quantitative estimate of drug-likeness (QED) is 0.826. The van der Waals surface area contributed by atoms with Crippen molar-refractivity contribution in [2.75, 3.05) is 39.3 Å². The zero-order valence-corrected chi connectivity index (χ0v) is 15.8. The summed E-state index contributed by atoms with van der Waals surface area (Å²) in [6, 6.07) is 13.2. The van der Waals surface area contributed by atoms with Crippen molar-refractivity contribution in [2.24, 2.45) is 0 Å². The highest BCUT2D eigenvalue weighted by atomic mass is 32.2. The second-order valence-electron chi connectivity index (χ2n) is 7.20. The molecular weight excluding hydrogens is 348 g/mol. The van der Waals surface area contributed by atoms with Gasteiger partial charge < -0.3 is 4.74 Å². The molecule has 0 unspecified atom stereocenters. The smallest absolute Gasteiger partial charge is 0.243 e. The second-order valence-corrected chi connectivity index (χ2v) is 9.14. The average molecular weight is 375 g/mol. The molecule has 2 aromatic rings. The Morgan fingerprint density at radius 2 is 1.73 bits per heavy atom. The zero-order valence-electron chi connectivity index (χ0n) is 15.0. The van der Waals surface area contributed by atoms with E-state index in [0.717, 1.165) is 49.9 Å². The highest BCUT2D eigenvalue weighted by Crippen LogP contribution is 2.23. The maximum Gasteiger partial charge on any atom is 0.243 e. The minimum absolute atomic E-state index is 0.312. The van der Waals surface area contributed by atoms with Crippen molar-refractivity contribution in [1.29, 1.82) is 0 Å². The predicted octanol–water partition coefficient (Wildman–Crippen LogP) is 2.72. The van der Waals surface area contributed by atoms with Gasteiger partial charge in [-0.25, -0.2) is 8.42 Å². The van der Waals surface area contributed by atoms with E-state index in [2.05, 4.69) is 4.90 Å². The largest absolute Gasteiger partial charge is 0.377 e. The average Bonchev–Trinajstić information content (AvgIpc) is 2.69. The van der Waals surface area contributed by atoms with Crippen molar-refractivity contribution in [3.63, 3.8) is 0 Å². The molecule has 1 atom stereocenters. The Morgan fingerprint density at radius 3 is 2.46 bits per heavy atom. The van der Waals surface area contributed by atoms with Crippen LogP contribution in [0.3, 0.4) is 0 Å². The molecule has 2 fully saturated rings. The molecule has 140 valence electrons. The minimum Gasteiger partial charge on any atom is -0.377 e. The lowest BCUT2D eigenvalue weighted by Gasteiger charge is -2.36. The Hall–Kier alpha value is -1.47. The molecule has 2 aromatic carbocycles. The Labute approximate surface area is 155 Å². The molecular formula is C20H26N2O3S. The molecule has 0 aliphatic carbocycles. The van der Waals surface area contributed by atoms with Crippen LogP contribution in [0.2, 0.25) is 0 Å². The molecule has 0 radical (unpaired) electrons. The van der Waals surface area contributed by atoms with Crippen LogP contribution in [0.25, 0.3) is 10.8 Å². The van der Waals surface area contributed by atoms with Gasteiger partial charge in [0.25, 0.3) is 0 Å². The van der Waals surface area contributed by atoms with Gasteiger partial charge in [-0.2, -0.15) is 4.31 Å². The molecule has 4 rings (SSSR count). The molecule has 2 aliphatic rings. The van der Waals surface area contributed by atoms with Crippen LogP contribution in [0.1, 0.15) is 19.3 Å². The number of piperazine rings is 1. The summed E-state index contributed by atoms with van der Waals surface area (Å²) >= 11 is 0. The maximum atomic E-state index is 13.0. The van der Waals surface area contributed by atoms with E-state index < -0.39 is 10.0 Å². The number of hydrogen-bond acceptors (Lipinski definition) is 4. The van der Waals surface area contributed by atoms with Gasteiger partial charge in [-0.05, 0) is 42.2 Å². The van der Waals surface area contributed by atoms with Crippen LogP contribution in [0.4, 0.5) is 0 Å². The Kier molecular flexibility index (Phi) is 5.27. The summed E-state index contributed by atoms with van der Waals surface area (Å²) in [4.78, 5) is 2.72. The molecule has 0 amide bonds. The third kappa shape index (κ3) is 3.78. The van der Waals surface area contributed by atoms with E-state index in [1.54, 1.807) is 16.4 Å². The van der Waals surface area contributed by atoms with Gasteiger partial charge in [0.2, 0.25) is 10.0 Å². The first-order chi connectivity index (χ1) is 12.6. The summed E-state index contributed by atoms with van der Waals surface area (Å²) in [6.07, 6.45) is 3.83. The highest BCUT2D eigenvalue weighted by molar-refractivity contribution is 7.89. The molecule has 2 saturated heterocycles. The van der Waals surface area contributed by atoms with Gasteiger partial charge in [0.1, 0.15) is 0 Å². The second kappa shape index (κ2) is 7.64. The zero-order chi connectivity index (χ0) is 18.0. The normalized spacial score (nSPS) is 23.3. The lowest BCUT2D eigenvalue weighted by atomic mass is 10.1. The van der Waals surface area contributed by atoms with Gasteiger partial charge >= 0.3 is 0 Å². The molecule has 0 bridgehead atoms. The van der Waals surface area contributed by atoms with Crippen LogP contribution in [-0.2, 0) is 14.8 Å². The van der Waals surface area contributed by atoms with Crippen molar-refractivity contribution in [3.05, 3.63) is 42.5 Å². The number of sulfonamides is 1. The topological polar surface area (TPSA) is 49.9 Å². The first-order valence-electron chi connectivity index (χ1n) is 9.46. The van der Waals surface area contributed by atoms with Crippen LogP contribution in [-0.4, -0.2) is 63.1 Å². The number of ether oxygens (including phenoxy) is 1. The molecule has 0 N–H and O–H groups in total. The lowest BCUT2D eigenvalue weighted by molar-refractivity contribution is -0.0103. The van der Waals surface area contributed by atoms with Crippen LogP contribution in [0.15, 0.2) is 47.4 Å². The van der Waals surface area contributed by atoms with E-state index in [-0.39, 0.29) is 0 Å².